The molecule has 1 aliphatic carbocycles. The molecule has 7 heteroatoms. The first-order valence-electron chi connectivity index (χ1n) is 10.1. The van der Waals surface area contributed by atoms with E-state index in [1.165, 1.54) is 38.5 Å². The number of nitrogens with one attached hydrogen (secondary N) is 1. The van der Waals surface area contributed by atoms with Gasteiger partial charge in [-0.05, 0) is 12.5 Å². The van der Waals surface area contributed by atoms with E-state index in [0.717, 1.165) is 34.5 Å². The molecule has 28 heavy (non-hydrogen) atoms. The van der Waals surface area contributed by atoms with Crippen LogP contribution in [-0.4, -0.2) is 36.0 Å². The maximum absolute atomic E-state index is 4.44. The third-order valence-electron chi connectivity index (χ3n) is 5.25. The van der Waals surface area contributed by atoms with Gasteiger partial charge in [-0.15, -0.1) is 5.10 Å². The normalized spacial score (nSPS) is 14.1. The van der Waals surface area contributed by atoms with Crippen LogP contribution in [0.4, 0.5) is 5.95 Å². The van der Waals surface area contributed by atoms with Crippen molar-refractivity contribution in [3.8, 4) is 11.1 Å². The van der Waals surface area contributed by atoms with Crippen LogP contribution >= 0.6 is 0 Å². The van der Waals surface area contributed by atoms with Gasteiger partial charge < -0.3 is 5.32 Å². The number of nitrogens with zero attached hydrogens (tertiary/aromatic N) is 6. The fourth-order valence-corrected chi connectivity index (χ4v) is 3.64. The lowest BCUT2D eigenvalue weighted by Crippen LogP contribution is -2.00. The largest absolute Gasteiger partial charge is 0.356 e. The number of aryl methyl sites for hydroxylation is 1. The zero-order valence-electron chi connectivity index (χ0n) is 16.6. The molecule has 0 radical (unpaired) electrons. The van der Waals surface area contributed by atoms with Crippen LogP contribution in [-0.2, 0) is 6.42 Å². The predicted molar refractivity (Wildman–Crippen MR) is 112 cm³/mol. The number of fused-ring (bicyclic) bond motifs is 2. The molecule has 4 aromatic rings. The summed E-state index contributed by atoms with van der Waals surface area (Å²) in [5, 5.41) is 7.32. The first-order valence-corrected chi connectivity index (χ1v) is 10.1. The van der Waals surface area contributed by atoms with E-state index in [2.05, 4.69) is 38.5 Å². The van der Waals surface area contributed by atoms with Crippen LogP contribution in [0.15, 0.2) is 37.1 Å². The Bertz CT molecular complexity index is 1050. The molecule has 1 fully saturated rings. The summed E-state index contributed by atoms with van der Waals surface area (Å²) >= 11 is 0. The number of anilines is 1. The Morgan fingerprint density at radius 1 is 0.964 bits per heavy atom. The summed E-state index contributed by atoms with van der Waals surface area (Å²) in [7, 11) is 1.80. The van der Waals surface area contributed by atoms with Gasteiger partial charge in [-0.25, -0.2) is 19.5 Å². The zero-order valence-corrected chi connectivity index (χ0v) is 16.6. The lowest BCUT2D eigenvalue weighted by molar-refractivity contribution is 0.504. The smallest absolute Gasteiger partial charge is 0.240 e. The minimum Gasteiger partial charge on any atom is -0.356 e. The molecule has 4 heterocycles. The molecule has 0 spiro atoms. The van der Waals surface area contributed by atoms with Crippen LogP contribution in [0.5, 0.6) is 0 Å². The van der Waals surface area contributed by atoms with Gasteiger partial charge in [0.15, 0.2) is 0 Å². The van der Waals surface area contributed by atoms with Crippen LogP contribution in [0.2, 0.25) is 0 Å². The molecular weight excluding hydrogens is 350 g/mol. The minimum atomic E-state index is 0.589. The Hall–Kier alpha value is -2.96. The number of imidazole rings is 1. The highest BCUT2D eigenvalue weighted by molar-refractivity contribution is 5.79. The number of rotatable bonds is 3. The van der Waals surface area contributed by atoms with Crippen LogP contribution in [0, 0.1) is 0 Å². The van der Waals surface area contributed by atoms with Crippen molar-refractivity contribution in [2.75, 3.05) is 12.4 Å². The molecule has 5 rings (SSSR count). The molecule has 1 saturated carbocycles. The van der Waals surface area contributed by atoms with Gasteiger partial charge in [-0.3, -0.25) is 4.40 Å². The van der Waals surface area contributed by atoms with Gasteiger partial charge in [-0.2, -0.15) is 0 Å². The van der Waals surface area contributed by atoms with Gasteiger partial charge in [-0.1, -0.05) is 45.4 Å². The third-order valence-corrected chi connectivity index (χ3v) is 5.25. The molecule has 1 aliphatic rings. The quantitative estimate of drug-likeness (QED) is 0.573. The van der Waals surface area contributed by atoms with Crippen molar-refractivity contribution in [2.24, 2.45) is 0 Å². The Balaban J connectivity index is 0.000000275. The van der Waals surface area contributed by atoms with E-state index in [4.69, 9.17) is 0 Å². The summed E-state index contributed by atoms with van der Waals surface area (Å²) < 4.78 is 3.84. The van der Waals surface area contributed by atoms with E-state index < -0.39 is 0 Å². The third kappa shape index (κ3) is 3.69. The molecule has 0 amide bonds. The Morgan fingerprint density at radius 3 is 2.36 bits per heavy atom. The first kappa shape index (κ1) is 18.4. The van der Waals surface area contributed by atoms with E-state index in [0.29, 0.717) is 5.95 Å². The molecule has 7 nitrogen and oxygen atoms in total. The fourth-order valence-electron chi connectivity index (χ4n) is 3.64. The predicted octanol–water partition coefficient (Wildman–Crippen LogP) is 4.38. The van der Waals surface area contributed by atoms with Crippen molar-refractivity contribution in [1.29, 1.82) is 0 Å². The molecule has 0 aliphatic heterocycles. The van der Waals surface area contributed by atoms with Crippen molar-refractivity contribution < 1.29 is 0 Å². The molecule has 4 aromatic heterocycles. The molecule has 146 valence electrons. The SMILES string of the molecule is C1CCCCC1.CCc1cnc2ncc(-c3ccn4nc(NC)ncc34)cn12. The molecule has 1 N–H and O–H groups in total. The average Bonchev–Trinajstić information content (AvgIpc) is 3.38. The average molecular weight is 377 g/mol. The number of aromatic nitrogens is 6. The van der Waals surface area contributed by atoms with Gasteiger partial charge in [0.1, 0.15) is 0 Å². The molecule has 0 unspecified atom stereocenters. The zero-order chi connectivity index (χ0) is 19.3. The summed E-state index contributed by atoms with van der Waals surface area (Å²) in [4.78, 5) is 13.0. The second-order valence-electron chi connectivity index (χ2n) is 7.13. The summed E-state index contributed by atoms with van der Waals surface area (Å²) in [5.74, 6) is 1.31. The summed E-state index contributed by atoms with van der Waals surface area (Å²) in [6.45, 7) is 2.11. The molecule has 0 bridgehead atoms. The van der Waals surface area contributed by atoms with E-state index in [1.54, 1.807) is 7.05 Å². The van der Waals surface area contributed by atoms with Gasteiger partial charge in [0, 0.05) is 42.5 Å². The van der Waals surface area contributed by atoms with Crippen molar-refractivity contribution in [1.82, 2.24) is 29.0 Å². The Morgan fingerprint density at radius 2 is 1.68 bits per heavy atom. The van der Waals surface area contributed by atoms with E-state index in [1.807, 2.05) is 39.8 Å². The molecule has 0 aromatic carbocycles. The summed E-state index contributed by atoms with van der Waals surface area (Å²) in [6, 6.07) is 2.02. The Labute approximate surface area is 164 Å². The van der Waals surface area contributed by atoms with Gasteiger partial charge >= 0.3 is 0 Å². The lowest BCUT2D eigenvalue weighted by atomic mass is 10.0. The minimum absolute atomic E-state index is 0.589. The lowest BCUT2D eigenvalue weighted by Gasteiger charge is -2.05. The molecule has 0 saturated heterocycles. The van der Waals surface area contributed by atoms with E-state index in [-0.39, 0.29) is 0 Å². The highest BCUT2D eigenvalue weighted by Gasteiger charge is 2.10. The second kappa shape index (κ2) is 8.37. The van der Waals surface area contributed by atoms with Gasteiger partial charge in [0.05, 0.1) is 17.9 Å². The molecular formula is C21H27N7. The van der Waals surface area contributed by atoms with Crippen molar-refractivity contribution >= 4 is 17.2 Å². The van der Waals surface area contributed by atoms with E-state index >= 15 is 0 Å². The number of hydrogen-bond donors (Lipinski definition) is 1. The van der Waals surface area contributed by atoms with Crippen molar-refractivity contribution in [3.63, 3.8) is 0 Å². The number of hydrogen-bond acceptors (Lipinski definition) is 5. The highest BCUT2D eigenvalue weighted by Crippen LogP contribution is 2.25. The maximum atomic E-state index is 4.44. The van der Waals surface area contributed by atoms with Crippen LogP contribution in [0.25, 0.3) is 22.4 Å². The topological polar surface area (TPSA) is 72.4 Å². The maximum Gasteiger partial charge on any atom is 0.240 e. The Kier molecular flexibility index (Phi) is 5.50. The first-order chi connectivity index (χ1) is 13.8. The highest BCUT2D eigenvalue weighted by atomic mass is 15.3. The fraction of sp³-hybridized carbons (Fsp3) is 0.429. The summed E-state index contributed by atoms with van der Waals surface area (Å²) in [5.41, 5.74) is 4.15. The molecule has 0 atom stereocenters. The summed E-state index contributed by atoms with van der Waals surface area (Å²) in [6.07, 6.45) is 19.4. The van der Waals surface area contributed by atoms with Crippen LogP contribution in [0.1, 0.15) is 51.1 Å². The van der Waals surface area contributed by atoms with Gasteiger partial charge in [0.25, 0.3) is 0 Å². The monoisotopic (exact) mass is 377 g/mol. The van der Waals surface area contributed by atoms with Crippen molar-refractivity contribution in [2.45, 2.75) is 51.9 Å². The van der Waals surface area contributed by atoms with Crippen LogP contribution < -0.4 is 5.32 Å². The standard InChI is InChI=1S/C15H15N7.C6H12/c1-3-11-7-19-15-18-6-10(9-21(11)15)12-4-5-22-13(12)8-17-14(16-2)20-22;1-2-4-6-5-3-1/h4-9H,3H2,1-2H3,(H,16,20);1-6H2. The second-order valence-corrected chi connectivity index (χ2v) is 7.13. The van der Waals surface area contributed by atoms with E-state index in [9.17, 15) is 0 Å². The van der Waals surface area contributed by atoms with Crippen LogP contribution in [0.3, 0.4) is 0 Å². The van der Waals surface area contributed by atoms with Crippen molar-refractivity contribution in [3.05, 3.63) is 42.7 Å². The van der Waals surface area contributed by atoms with Gasteiger partial charge in [0.2, 0.25) is 11.7 Å².